The molecule has 0 spiro atoms. The van der Waals surface area contributed by atoms with E-state index in [1.807, 2.05) is 31.4 Å². The number of amides is 1. The highest BCUT2D eigenvalue weighted by Crippen LogP contribution is 2.42. The first-order valence-corrected chi connectivity index (χ1v) is 11.9. The number of hydrogen-bond donors (Lipinski definition) is 0. The topological polar surface area (TPSA) is 51.0 Å². The summed E-state index contributed by atoms with van der Waals surface area (Å²) in [6, 6.07) is 12.9. The van der Waals surface area contributed by atoms with Gasteiger partial charge in [-0.05, 0) is 59.7 Å². The highest BCUT2D eigenvalue weighted by atomic mass is 19.1. The molecule has 1 fully saturated rings. The van der Waals surface area contributed by atoms with Crippen molar-refractivity contribution < 1.29 is 9.18 Å². The molecule has 0 atom stereocenters. The summed E-state index contributed by atoms with van der Waals surface area (Å²) >= 11 is 0. The van der Waals surface area contributed by atoms with Crippen LogP contribution in [0.15, 0.2) is 54.9 Å². The normalized spacial score (nSPS) is 17.4. The molecule has 0 saturated heterocycles. The molecule has 4 aromatic rings. The van der Waals surface area contributed by atoms with Gasteiger partial charge in [0.05, 0.1) is 32.5 Å². The number of halogens is 1. The van der Waals surface area contributed by atoms with Crippen LogP contribution in [0.3, 0.4) is 0 Å². The van der Waals surface area contributed by atoms with Crippen molar-refractivity contribution >= 4 is 32.5 Å². The van der Waals surface area contributed by atoms with Crippen LogP contribution in [0.25, 0.3) is 22.0 Å². The number of pyridine rings is 1. The van der Waals surface area contributed by atoms with Crippen molar-refractivity contribution in [1.82, 2.24) is 19.7 Å². The fourth-order valence-electron chi connectivity index (χ4n) is 5.69. The maximum absolute atomic E-state index is 16.0. The molecular formula is C27H23B2FN4O. The van der Waals surface area contributed by atoms with Crippen molar-refractivity contribution in [2.75, 3.05) is 0 Å². The van der Waals surface area contributed by atoms with Gasteiger partial charge in [-0.3, -0.25) is 14.5 Å². The first-order chi connectivity index (χ1) is 16.8. The number of rotatable bonds is 4. The third-order valence-corrected chi connectivity index (χ3v) is 7.43. The number of fused-ring (bicyclic) bond motifs is 2. The molecule has 0 bridgehead atoms. The summed E-state index contributed by atoms with van der Waals surface area (Å²) in [4.78, 5) is 18.8. The predicted molar refractivity (Wildman–Crippen MR) is 135 cm³/mol. The Hall–Kier alpha value is -3.41. The lowest BCUT2D eigenvalue weighted by Gasteiger charge is -2.34. The molecule has 1 aliphatic carbocycles. The van der Waals surface area contributed by atoms with Gasteiger partial charge in [-0.25, -0.2) is 4.39 Å². The summed E-state index contributed by atoms with van der Waals surface area (Å²) < 4.78 is 17.7. The van der Waals surface area contributed by atoms with Gasteiger partial charge in [0.25, 0.3) is 5.91 Å². The summed E-state index contributed by atoms with van der Waals surface area (Å²) in [5.41, 5.74) is 4.66. The van der Waals surface area contributed by atoms with Crippen molar-refractivity contribution in [1.29, 1.82) is 0 Å². The van der Waals surface area contributed by atoms with E-state index >= 15 is 4.39 Å². The fourth-order valence-corrected chi connectivity index (χ4v) is 5.69. The minimum absolute atomic E-state index is 0.0166. The van der Waals surface area contributed by atoms with Crippen LogP contribution >= 0.6 is 0 Å². The van der Waals surface area contributed by atoms with E-state index in [4.69, 9.17) is 15.7 Å². The van der Waals surface area contributed by atoms with E-state index in [1.54, 1.807) is 29.1 Å². The first kappa shape index (κ1) is 22.1. The Morgan fingerprint density at radius 1 is 1.11 bits per heavy atom. The molecule has 2 aromatic heterocycles. The maximum atomic E-state index is 16.0. The lowest BCUT2D eigenvalue weighted by Crippen LogP contribution is -2.45. The van der Waals surface area contributed by atoms with Crippen LogP contribution in [0, 0.1) is 5.82 Å². The van der Waals surface area contributed by atoms with Crippen LogP contribution in [0.5, 0.6) is 0 Å². The minimum Gasteiger partial charge on any atom is -0.340 e. The number of benzene rings is 2. The average molecular weight is 460 g/mol. The van der Waals surface area contributed by atoms with Gasteiger partial charge in [-0.15, -0.1) is 0 Å². The monoisotopic (exact) mass is 460 g/mol. The van der Waals surface area contributed by atoms with Crippen LogP contribution in [0.1, 0.15) is 58.8 Å². The quantitative estimate of drug-likeness (QED) is 0.421. The van der Waals surface area contributed by atoms with Gasteiger partial charge in [0.1, 0.15) is 5.82 Å². The highest BCUT2D eigenvalue weighted by Gasteiger charge is 2.43. The molecule has 0 unspecified atom stereocenters. The Morgan fingerprint density at radius 2 is 1.89 bits per heavy atom. The molecule has 35 heavy (non-hydrogen) atoms. The second-order valence-electron chi connectivity index (χ2n) is 9.66. The van der Waals surface area contributed by atoms with E-state index in [0.717, 1.165) is 53.3 Å². The molecule has 1 aliphatic heterocycles. The Labute approximate surface area is 206 Å². The molecule has 6 rings (SSSR count). The lowest BCUT2D eigenvalue weighted by molar-refractivity contribution is 0.0729. The van der Waals surface area contributed by atoms with Gasteiger partial charge in [-0.1, -0.05) is 31.0 Å². The van der Waals surface area contributed by atoms with Gasteiger partial charge in [-0.2, -0.15) is 5.10 Å². The van der Waals surface area contributed by atoms with Crippen LogP contribution in [-0.4, -0.2) is 41.3 Å². The van der Waals surface area contributed by atoms with Crippen molar-refractivity contribution in [2.24, 2.45) is 7.05 Å². The number of carbonyl (C=O) groups is 1. The second-order valence-corrected chi connectivity index (χ2v) is 9.66. The summed E-state index contributed by atoms with van der Waals surface area (Å²) in [6.07, 6.45) is 7.68. The maximum Gasteiger partial charge on any atom is 0.255 e. The highest BCUT2D eigenvalue weighted by molar-refractivity contribution is 6.42. The third-order valence-electron chi connectivity index (χ3n) is 7.43. The van der Waals surface area contributed by atoms with Crippen molar-refractivity contribution in [3.8, 4) is 11.1 Å². The molecule has 1 saturated carbocycles. The Bertz CT molecular complexity index is 1480. The Kier molecular flexibility index (Phi) is 5.09. The van der Waals surface area contributed by atoms with Crippen LogP contribution in [-0.2, 0) is 18.9 Å². The zero-order valence-corrected chi connectivity index (χ0v) is 19.5. The van der Waals surface area contributed by atoms with Crippen molar-refractivity contribution in [3.63, 3.8) is 0 Å². The van der Waals surface area contributed by atoms with E-state index in [-0.39, 0.29) is 24.2 Å². The van der Waals surface area contributed by atoms with Gasteiger partial charge in [0.15, 0.2) is 0 Å². The van der Waals surface area contributed by atoms with Gasteiger partial charge in [0, 0.05) is 42.3 Å². The van der Waals surface area contributed by atoms with Crippen LogP contribution in [0.4, 0.5) is 4.39 Å². The van der Waals surface area contributed by atoms with Crippen molar-refractivity contribution in [3.05, 3.63) is 83.1 Å². The van der Waals surface area contributed by atoms with E-state index in [9.17, 15) is 4.79 Å². The fraction of sp³-hybridized carbons (Fsp3) is 0.296. The molecule has 2 aromatic carbocycles. The third kappa shape index (κ3) is 3.49. The zero-order chi connectivity index (χ0) is 24.3. The first-order valence-electron chi connectivity index (χ1n) is 11.9. The standard InChI is InChI=1S/C27H23B2FN4O/c1-33-14-22-18(8-4-10-24(22)32-33)17-12-20(16-6-2-3-7-16)21(23(30)13-17)15-34-26(35)19-9-5-11-31-25(19)27(34,28)29/h4-5,8-14,16H,2-3,6-7,15H2,1H3. The summed E-state index contributed by atoms with van der Waals surface area (Å²) in [6.45, 7) is -0.0166. The summed E-state index contributed by atoms with van der Waals surface area (Å²) in [5.74, 6) is -0.479. The number of aromatic nitrogens is 3. The Balaban J connectivity index is 1.47. The second kappa shape index (κ2) is 8.08. The van der Waals surface area contributed by atoms with E-state index in [2.05, 4.69) is 16.1 Å². The SMILES string of the molecule is [B]C1([B])c2ncccc2C(=O)N1Cc1c(F)cc(-c2cccc3nn(C)cc23)cc1C1CCCC1. The minimum atomic E-state index is -1.60. The molecule has 170 valence electrons. The number of carbonyl (C=O) groups excluding carboxylic acids is 1. The summed E-state index contributed by atoms with van der Waals surface area (Å²) in [7, 11) is 14.7. The number of hydrogen-bond acceptors (Lipinski definition) is 3. The van der Waals surface area contributed by atoms with E-state index in [1.165, 1.54) is 4.90 Å². The van der Waals surface area contributed by atoms with Crippen molar-refractivity contribution in [2.45, 2.75) is 43.5 Å². The molecule has 8 heteroatoms. The van der Waals surface area contributed by atoms with Gasteiger partial charge in [0.2, 0.25) is 0 Å². The smallest absolute Gasteiger partial charge is 0.255 e. The molecule has 4 radical (unpaired) electrons. The largest absolute Gasteiger partial charge is 0.340 e. The molecule has 0 N–H and O–H groups in total. The number of aryl methyl sites for hydroxylation is 1. The van der Waals surface area contributed by atoms with E-state index in [0.29, 0.717) is 16.8 Å². The molecule has 1 amide bonds. The molecule has 2 aliphatic rings. The molecular weight excluding hydrogens is 437 g/mol. The van der Waals surface area contributed by atoms with Crippen LogP contribution < -0.4 is 0 Å². The Morgan fingerprint density at radius 3 is 2.66 bits per heavy atom. The van der Waals surface area contributed by atoms with Gasteiger partial charge < -0.3 is 4.90 Å². The predicted octanol–water partition coefficient (Wildman–Crippen LogP) is 4.54. The summed E-state index contributed by atoms with van der Waals surface area (Å²) in [5, 5.41) is 3.86. The van der Waals surface area contributed by atoms with Gasteiger partial charge >= 0.3 is 0 Å². The average Bonchev–Trinajstić information content (AvgIpc) is 3.54. The zero-order valence-electron chi connectivity index (χ0n) is 19.5. The molecule has 3 heterocycles. The number of nitrogens with zero attached hydrogens (tertiary/aromatic N) is 4. The molecule has 5 nitrogen and oxygen atoms in total. The lowest BCUT2D eigenvalue weighted by atomic mass is 9.59. The van der Waals surface area contributed by atoms with Crippen LogP contribution in [0.2, 0.25) is 0 Å². The van der Waals surface area contributed by atoms with E-state index < -0.39 is 5.34 Å².